The molecule has 0 fully saturated rings. The maximum Gasteiger partial charge on any atom is 0.279 e. The van der Waals surface area contributed by atoms with Gasteiger partial charge in [0, 0.05) is 11.1 Å². The van der Waals surface area contributed by atoms with E-state index in [0.29, 0.717) is 11.3 Å². The number of benzene rings is 1. The van der Waals surface area contributed by atoms with E-state index in [1.807, 2.05) is 32.0 Å². The number of hydrogen-bond donors (Lipinski definition) is 2. The third-order valence-electron chi connectivity index (χ3n) is 3.76. The van der Waals surface area contributed by atoms with Gasteiger partial charge in [-0.3, -0.25) is 4.79 Å². The van der Waals surface area contributed by atoms with E-state index in [1.165, 1.54) is 10.8 Å². The summed E-state index contributed by atoms with van der Waals surface area (Å²) in [6.07, 6.45) is 3.03. The van der Waals surface area contributed by atoms with Crippen LogP contribution in [0, 0.1) is 0 Å². The van der Waals surface area contributed by atoms with Gasteiger partial charge in [0.2, 0.25) is 5.78 Å². The van der Waals surface area contributed by atoms with Crippen LogP contribution in [0.25, 0.3) is 28.1 Å². The summed E-state index contributed by atoms with van der Waals surface area (Å²) in [5, 5.41) is 3.98. The van der Waals surface area contributed by atoms with Crippen LogP contribution in [0.15, 0.2) is 35.6 Å². The standard InChI is InChI=1S/C15H14N6O/c1-8(2)12-13(20-15-18-7-19-21(15)14(12)22)9-3-4-10-11(5-9)17-6-16-10/h3-8H,1-2H3,(H,16,17)(H,18,19,20). The van der Waals surface area contributed by atoms with Crippen molar-refractivity contribution in [2.24, 2.45) is 0 Å². The Morgan fingerprint density at radius 2 is 2.09 bits per heavy atom. The Labute approximate surface area is 125 Å². The molecule has 0 saturated heterocycles. The first-order chi connectivity index (χ1) is 10.6. The molecule has 2 N–H and O–H groups in total. The molecule has 0 atom stereocenters. The van der Waals surface area contributed by atoms with Gasteiger partial charge in [-0.2, -0.15) is 14.6 Å². The molecule has 3 aromatic heterocycles. The van der Waals surface area contributed by atoms with Crippen molar-refractivity contribution in [2.75, 3.05) is 0 Å². The van der Waals surface area contributed by atoms with E-state index in [4.69, 9.17) is 0 Å². The predicted octanol–water partition coefficient (Wildman–Crippen LogP) is 2.08. The Bertz CT molecular complexity index is 1040. The number of fused-ring (bicyclic) bond motifs is 2. The van der Waals surface area contributed by atoms with Gasteiger partial charge in [-0.1, -0.05) is 19.9 Å². The van der Waals surface area contributed by atoms with E-state index in [0.717, 1.165) is 22.3 Å². The topological polar surface area (TPSA) is 91.7 Å². The fourth-order valence-corrected chi connectivity index (χ4v) is 2.73. The van der Waals surface area contributed by atoms with Gasteiger partial charge < -0.3 is 9.97 Å². The van der Waals surface area contributed by atoms with Crippen molar-refractivity contribution < 1.29 is 0 Å². The van der Waals surface area contributed by atoms with E-state index in [2.05, 4.69) is 25.0 Å². The Balaban J connectivity index is 2.07. The third-order valence-corrected chi connectivity index (χ3v) is 3.76. The molecule has 7 nitrogen and oxygen atoms in total. The summed E-state index contributed by atoms with van der Waals surface area (Å²) in [7, 11) is 0. The SMILES string of the molecule is CC(C)c1c(-c2ccc3nc[nH]c3c2)[nH]c2ncnn2c1=O. The van der Waals surface area contributed by atoms with E-state index in [-0.39, 0.29) is 11.5 Å². The molecule has 0 aliphatic rings. The van der Waals surface area contributed by atoms with Crippen molar-refractivity contribution >= 4 is 16.8 Å². The Kier molecular flexibility index (Phi) is 2.62. The zero-order valence-corrected chi connectivity index (χ0v) is 12.2. The fourth-order valence-electron chi connectivity index (χ4n) is 2.73. The van der Waals surface area contributed by atoms with Crippen molar-refractivity contribution in [3.8, 4) is 11.3 Å². The molecule has 110 valence electrons. The van der Waals surface area contributed by atoms with E-state index < -0.39 is 0 Å². The lowest BCUT2D eigenvalue weighted by atomic mass is 9.98. The zero-order chi connectivity index (χ0) is 15.3. The Morgan fingerprint density at radius 3 is 2.91 bits per heavy atom. The second kappa shape index (κ2) is 4.52. The molecular weight excluding hydrogens is 280 g/mol. The smallest absolute Gasteiger partial charge is 0.279 e. The van der Waals surface area contributed by atoms with E-state index >= 15 is 0 Å². The minimum absolute atomic E-state index is 0.0600. The number of imidazole rings is 1. The molecule has 0 aliphatic carbocycles. The van der Waals surface area contributed by atoms with Crippen molar-refractivity contribution in [3.05, 3.63) is 46.8 Å². The molecule has 0 bridgehead atoms. The first-order valence-electron chi connectivity index (χ1n) is 7.04. The maximum absolute atomic E-state index is 12.7. The summed E-state index contributed by atoms with van der Waals surface area (Å²) in [5.41, 5.74) is 4.06. The summed E-state index contributed by atoms with van der Waals surface area (Å²) < 4.78 is 1.30. The maximum atomic E-state index is 12.7. The molecule has 0 amide bonds. The molecule has 0 spiro atoms. The fraction of sp³-hybridized carbons (Fsp3) is 0.200. The molecule has 1 aromatic carbocycles. The highest BCUT2D eigenvalue weighted by Gasteiger charge is 2.18. The van der Waals surface area contributed by atoms with Gasteiger partial charge in [0.25, 0.3) is 5.56 Å². The molecule has 3 heterocycles. The lowest BCUT2D eigenvalue weighted by Gasteiger charge is -2.12. The van der Waals surface area contributed by atoms with Crippen LogP contribution in [-0.2, 0) is 0 Å². The van der Waals surface area contributed by atoms with Crippen LogP contribution >= 0.6 is 0 Å². The number of nitrogens with one attached hydrogen (secondary N) is 2. The van der Waals surface area contributed by atoms with Gasteiger partial charge in [0.15, 0.2) is 0 Å². The van der Waals surface area contributed by atoms with Gasteiger partial charge in [-0.25, -0.2) is 4.98 Å². The summed E-state index contributed by atoms with van der Waals surface area (Å²) in [5.74, 6) is 0.499. The van der Waals surface area contributed by atoms with Crippen molar-refractivity contribution in [1.29, 1.82) is 0 Å². The Hall–Kier alpha value is -2.96. The van der Waals surface area contributed by atoms with Crippen LogP contribution < -0.4 is 5.56 Å². The lowest BCUT2D eigenvalue weighted by molar-refractivity contribution is 0.797. The number of nitrogens with zero attached hydrogens (tertiary/aromatic N) is 4. The summed E-state index contributed by atoms with van der Waals surface area (Å²) in [4.78, 5) is 27.3. The van der Waals surface area contributed by atoms with Gasteiger partial charge >= 0.3 is 0 Å². The lowest BCUT2D eigenvalue weighted by Crippen LogP contribution is -2.22. The number of hydrogen-bond acceptors (Lipinski definition) is 4. The number of rotatable bonds is 2. The quantitative estimate of drug-likeness (QED) is 0.592. The van der Waals surface area contributed by atoms with Gasteiger partial charge in [-0.15, -0.1) is 0 Å². The minimum atomic E-state index is -0.138. The molecule has 0 aliphatic heterocycles. The first kappa shape index (κ1) is 12.8. The second-order valence-corrected chi connectivity index (χ2v) is 5.50. The third kappa shape index (κ3) is 1.75. The molecule has 22 heavy (non-hydrogen) atoms. The van der Waals surface area contributed by atoms with Crippen LogP contribution in [0.1, 0.15) is 25.3 Å². The van der Waals surface area contributed by atoms with Crippen LogP contribution in [-0.4, -0.2) is 29.5 Å². The molecule has 0 saturated carbocycles. The van der Waals surface area contributed by atoms with Gasteiger partial charge in [0.1, 0.15) is 6.33 Å². The van der Waals surface area contributed by atoms with E-state index in [1.54, 1.807) is 6.33 Å². The molecule has 4 aromatic rings. The zero-order valence-electron chi connectivity index (χ0n) is 12.2. The molecule has 7 heteroatoms. The average Bonchev–Trinajstić information content (AvgIpc) is 3.14. The van der Waals surface area contributed by atoms with Crippen molar-refractivity contribution in [3.63, 3.8) is 0 Å². The normalized spacial score (nSPS) is 11.8. The molecular formula is C15H14N6O. The Morgan fingerprint density at radius 1 is 1.23 bits per heavy atom. The summed E-state index contributed by atoms with van der Waals surface area (Å²) in [6, 6.07) is 5.86. The van der Waals surface area contributed by atoms with Crippen LogP contribution in [0.5, 0.6) is 0 Å². The second-order valence-electron chi connectivity index (χ2n) is 5.50. The summed E-state index contributed by atoms with van der Waals surface area (Å²) >= 11 is 0. The van der Waals surface area contributed by atoms with Crippen LogP contribution in [0.2, 0.25) is 0 Å². The van der Waals surface area contributed by atoms with Gasteiger partial charge in [-0.05, 0) is 18.1 Å². The molecule has 0 radical (unpaired) electrons. The minimum Gasteiger partial charge on any atom is -0.345 e. The monoisotopic (exact) mass is 294 g/mol. The highest BCUT2D eigenvalue weighted by atomic mass is 16.1. The largest absolute Gasteiger partial charge is 0.345 e. The first-order valence-corrected chi connectivity index (χ1v) is 7.04. The van der Waals surface area contributed by atoms with Gasteiger partial charge in [0.05, 0.1) is 23.1 Å². The number of aromatic nitrogens is 6. The average molecular weight is 294 g/mol. The van der Waals surface area contributed by atoms with Crippen molar-refractivity contribution in [1.82, 2.24) is 29.5 Å². The molecule has 4 rings (SSSR count). The van der Waals surface area contributed by atoms with Crippen LogP contribution in [0.4, 0.5) is 0 Å². The van der Waals surface area contributed by atoms with Crippen molar-refractivity contribution in [2.45, 2.75) is 19.8 Å². The highest BCUT2D eigenvalue weighted by molar-refractivity contribution is 5.81. The molecule has 0 unspecified atom stereocenters. The van der Waals surface area contributed by atoms with Crippen LogP contribution in [0.3, 0.4) is 0 Å². The summed E-state index contributed by atoms with van der Waals surface area (Å²) in [6.45, 7) is 3.98. The van der Waals surface area contributed by atoms with E-state index in [9.17, 15) is 4.79 Å². The number of H-pyrrole nitrogens is 2. The highest BCUT2D eigenvalue weighted by Crippen LogP contribution is 2.27. The number of aromatic amines is 2. The predicted molar refractivity (Wildman–Crippen MR) is 82.8 cm³/mol.